The second-order valence-electron chi connectivity index (χ2n) is 5.11. The Morgan fingerprint density at radius 3 is 2.56 bits per heavy atom. The summed E-state index contributed by atoms with van der Waals surface area (Å²) in [6, 6.07) is 12.5. The minimum atomic E-state index is -3.76. The van der Waals surface area contributed by atoms with Crippen molar-refractivity contribution in [3.05, 3.63) is 58.1 Å². The molecule has 0 aromatic heterocycles. The highest BCUT2D eigenvalue weighted by atomic mass is 35.5. The smallest absolute Gasteiger partial charge is 0.245 e. The zero-order valence-corrected chi connectivity index (χ0v) is 15.4. The third-order valence-electron chi connectivity index (χ3n) is 3.14. The lowest BCUT2D eigenvalue weighted by Crippen LogP contribution is -2.37. The summed E-state index contributed by atoms with van der Waals surface area (Å²) in [4.78, 5) is 12.3. The van der Waals surface area contributed by atoms with Gasteiger partial charge in [-0.3, -0.25) is 9.10 Å². The summed E-state index contributed by atoms with van der Waals surface area (Å²) < 4.78 is 25.0. The Morgan fingerprint density at radius 2 is 1.96 bits per heavy atom. The number of carbonyl (C=O) groups excluding carboxylic acids is 1. The van der Waals surface area contributed by atoms with Gasteiger partial charge in [-0.1, -0.05) is 29.3 Å². The SMILES string of the molecule is CS(=O)(=O)N(CC(=O)Nc1cccc(C#N)c1)c1ccc(Cl)cc1Cl. The first-order valence-corrected chi connectivity index (χ1v) is 9.54. The van der Waals surface area contributed by atoms with E-state index in [9.17, 15) is 13.2 Å². The number of hydrogen-bond acceptors (Lipinski definition) is 4. The van der Waals surface area contributed by atoms with Crippen LogP contribution in [0.15, 0.2) is 42.5 Å². The number of amides is 1. The number of sulfonamides is 1. The molecule has 1 amide bonds. The van der Waals surface area contributed by atoms with E-state index in [2.05, 4.69) is 5.32 Å². The van der Waals surface area contributed by atoms with Crippen LogP contribution in [-0.4, -0.2) is 27.1 Å². The normalized spacial score (nSPS) is 10.8. The van der Waals surface area contributed by atoms with Crippen molar-refractivity contribution >= 4 is 50.5 Å². The summed E-state index contributed by atoms with van der Waals surface area (Å²) in [7, 11) is -3.76. The summed E-state index contributed by atoms with van der Waals surface area (Å²) in [5.41, 5.74) is 0.910. The van der Waals surface area contributed by atoms with Crippen molar-refractivity contribution in [2.45, 2.75) is 0 Å². The number of nitrogens with zero attached hydrogens (tertiary/aromatic N) is 2. The topological polar surface area (TPSA) is 90.3 Å². The number of nitrogens with one attached hydrogen (secondary N) is 1. The second kappa shape index (κ2) is 7.74. The van der Waals surface area contributed by atoms with E-state index in [4.69, 9.17) is 28.5 Å². The molecule has 0 aliphatic heterocycles. The first-order valence-electron chi connectivity index (χ1n) is 6.93. The first kappa shape index (κ1) is 19.1. The van der Waals surface area contributed by atoms with Gasteiger partial charge in [-0.25, -0.2) is 8.42 Å². The molecule has 2 rings (SSSR count). The molecule has 0 unspecified atom stereocenters. The minimum Gasteiger partial charge on any atom is -0.324 e. The number of carbonyl (C=O) groups is 1. The first-order chi connectivity index (χ1) is 11.7. The van der Waals surface area contributed by atoms with Crippen LogP contribution in [0.3, 0.4) is 0 Å². The summed E-state index contributed by atoms with van der Waals surface area (Å²) in [5, 5.41) is 11.9. The maximum absolute atomic E-state index is 12.3. The van der Waals surface area contributed by atoms with Gasteiger partial charge in [0.1, 0.15) is 6.54 Å². The fraction of sp³-hybridized carbons (Fsp3) is 0.125. The molecule has 2 aromatic rings. The van der Waals surface area contributed by atoms with Crippen LogP contribution in [0.5, 0.6) is 0 Å². The molecule has 0 fully saturated rings. The van der Waals surface area contributed by atoms with Gasteiger partial charge < -0.3 is 5.32 Å². The van der Waals surface area contributed by atoms with Crippen molar-refractivity contribution in [3.8, 4) is 6.07 Å². The molecule has 0 atom stereocenters. The van der Waals surface area contributed by atoms with Crippen molar-refractivity contribution in [1.82, 2.24) is 0 Å². The molecule has 130 valence electrons. The molecule has 9 heteroatoms. The molecule has 0 saturated carbocycles. The highest BCUT2D eigenvalue weighted by Crippen LogP contribution is 2.30. The van der Waals surface area contributed by atoms with Gasteiger partial charge >= 0.3 is 0 Å². The van der Waals surface area contributed by atoms with E-state index in [1.807, 2.05) is 6.07 Å². The summed E-state index contributed by atoms with van der Waals surface area (Å²) >= 11 is 11.9. The van der Waals surface area contributed by atoms with Gasteiger partial charge in [0.05, 0.1) is 28.6 Å². The van der Waals surface area contributed by atoms with E-state index < -0.39 is 22.5 Å². The number of hydrogen-bond donors (Lipinski definition) is 1. The summed E-state index contributed by atoms with van der Waals surface area (Å²) in [5.74, 6) is -0.577. The van der Waals surface area contributed by atoms with Crippen LogP contribution in [0.4, 0.5) is 11.4 Å². The Morgan fingerprint density at radius 1 is 1.24 bits per heavy atom. The van der Waals surface area contributed by atoms with Gasteiger partial charge in [0, 0.05) is 10.7 Å². The molecule has 0 bridgehead atoms. The maximum atomic E-state index is 12.3. The van der Waals surface area contributed by atoms with Gasteiger partial charge in [0.15, 0.2) is 0 Å². The lowest BCUT2D eigenvalue weighted by molar-refractivity contribution is -0.114. The standard InChI is InChI=1S/C16H13Cl2N3O3S/c1-25(23,24)21(15-6-5-12(17)8-14(15)18)10-16(22)20-13-4-2-3-11(7-13)9-19/h2-8H,10H2,1H3,(H,20,22). The molecule has 1 N–H and O–H groups in total. The average Bonchev–Trinajstić information content (AvgIpc) is 2.52. The van der Waals surface area contributed by atoms with Crippen LogP contribution in [-0.2, 0) is 14.8 Å². The lowest BCUT2D eigenvalue weighted by atomic mass is 10.2. The Bertz CT molecular complexity index is 955. The molecule has 0 aliphatic rings. The molecule has 0 radical (unpaired) electrons. The third-order valence-corrected chi connectivity index (χ3v) is 4.81. The molecule has 0 saturated heterocycles. The number of benzene rings is 2. The number of anilines is 2. The highest BCUT2D eigenvalue weighted by Gasteiger charge is 2.23. The molecule has 25 heavy (non-hydrogen) atoms. The number of halogens is 2. The van der Waals surface area contributed by atoms with Gasteiger partial charge in [0.25, 0.3) is 0 Å². The monoisotopic (exact) mass is 397 g/mol. The van der Waals surface area contributed by atoms with Crippen LogP contribution in [0.1, 0.15) is 5.56 Å². The number of nitriles is 1. The minimum absolute atomic E-state index is 0.109. The Kier molecular flexibility index (Phi) is 5.90. The van der Waals surface area contributed by atoms with Crippen molar-refractivity contribution in [2.24, 2.45) is 0 Å². The predicted molar refractivity (Wildman–Crippen MR) is 98.4 cm³/mol. The van der Waals surface area contributed by atoms with Crippen LogP contribution in [0, 0.1) is 11.3 Å². The van der Waals surface area contributed by atoms with Crippen molar-refractivity contribution < 1.29 is 13.2 Å². The predicted octanol–water partition coefficient (Wildman–Crippen LogP) is 3.27. The Balaban J connectivity index is 2.25. The van der Waals surface area contributed by atoms with E-state index in [0.29, 0.717) is 16.3 Å². The maximum Gasteiger partial charge on any atom is 0.245 e. The zero-order chi connectivity index (χ0) is 18.6. The Hall–Kier alpha value is -2.27. The van der Waals surface area contributed by atoms with Crippen LogP contribution in [0.25, 0.3) is 0 Å². The van der Waals surface area contributed by atoms with Crippen molar-refractivity contribution in [1.29, 1.82) is 5.26 Å². The second-order valence-corrected chi connectivity index (χ2v) is 7.86. The summed E-state index contributed by atoms with van der Waals surface area (Å²) in [6.45, 7) is -0.475. The Labute approximate surface area is 155 Å². The molecular weight excluding hydrogens is 385 g/mol. The van der Waals surface area contributed by atoms with E-state index >= 15 is 0 Å². The molecule has 2 aromatic carbocycles. The lowest BCUT2D eigenvalue weighted by Gasteiger charge is -2.23. The average molecular weight is 398 g/mol. The van der Waals surface area contributed by atoms with E-state index in [1.54, 1.807) is 18.2 Å². The summed E-state index contributed by atoms with van der Waals surface area (Å²) in [6.07, 6.45) is 0.974. The van der Waals surface area contributed by atoms with E-state index in [0.717, 1.165) is 10.6 Å². The molecule has 0 heterocycles. The van der Waals surface area contributed by atoms with Crippen LogP contribution in [0.2, 0.25) is 10.0 Å². The van der Waals surface area contributed by atoms with Gasteiger partial charge in [0.2, 0.25) is 15.9 Å². The fourth-order valence-electron chi connectivity index (χ4n) is 2.06. The third kappa shape index (κ3) is 5.10. The van der Waals surface area contributed by atoms with Crippen LogP contribution < -0.4 is 9.62 Å². The number of rotatable bonds is 5. The van der Waals surface area contributed by atoms with Crippen LogP contribution >= 0.6 is 23.2 Å². The van der Waals surface area contributed by atoms with Crippen molar-refractivity contribution in [2.75, 3.05) is 22.4 Å². The van der Waals surface area contributed by atoms with Crippen molar-refractivity contribution in [3.63, 3.8) is 0 Å². The largest absolute Gasteiger partial charge is 0.324 e. The van der Waals surface area contributed by atoms with E-state index in [1.165, 1.54) is 24.3 Å². The highest BCUT2D eigenvalue weighted by molar-refractivity contribution is 7.92. The van der Waals surface area contributed by atoms with Gasteiger partial charge in [-0.05, 0) is 36.4 Å². The van der Waals surface area contributed by atoms with Gasteiger partial charge in [-0.2, -0.15) is 5.26 Å². The molecule has 6 nitrogen and oxygen atoms in total. The fourth-order valence-corrected chi connectivity index (χ4v) is 3.49. The molecule has 0 spiro atoms. The quantitative estimate of drug-likeness (QED) is 0.837. The molecular formula is C16H13Cl2N3O3S. The zero-order valence-electron chi connectivity index (χ0n) is 13.0. The molecule has 0 aliphatic carbocycles. The van der Waals surface area contributed by atoms with E-state index in [-0.39, 0.29) is 10.7 Å². The van der Waals surface area contributed by atoms with Gasteiger partial charge in [-0.15, -0.1) is 0 Å².